The van der Waals surface area contributed by atoms with Crippen molar-refractivity contribution in [3.05, 3.63) is 0 Å². The van der Waals surface area contributed by atoms with Crippen LogP contribution in [0.3, 0.4) is 0 Å². The lowest BCUT2D eigenvalue weighted by molar-refractivity contribution is -0.247. The number of hydrogen-bond acceptors (Lipinski definition) is 4. The summed E-state index contributed by atoms with van der Waals surface area (Å²) < 4.78 is 31.3. The topological polar surface area (TPSA) is 80.7 Å². The van der Waals surface area contributed by atoms with Gasteiger partial charge in [0.25, 0.3) is 10.1 Å². The van der Waals surface area contributed by atoms with Gasteiger partial charge in [-0.2, -0.15) is 8.42 Å². The van der Waals surface area contributed by atoms with E-state index < -0.39 is 21.5 Å². The predicted molar refractivity (Wildman–Crippen MR) is 156 cm³/mol. The van der Waals surface area contributed by atoms with Crippen LogP contribution in [0.1, 0.15) is 126 Å². The van der Waals surface area contributed by atoms with Crippen LogP contribution in [0.15, 0.2) is 0 Å². The summed E-state index contributed by atoms with van der Waals surface area (Å²) in [6.45, 7) is 18.7. The van der Waals surface area contributed by atoms with E-state index in [1.807, 2.05) is 6.92 Å². The highest BCUT2D eigenvalue weighted by molar-refractivity contribution is 7.86. The molecule has 5 nitrogen and oxygen atoms in total. The van der Waals surface area contributed by atoms with Gasteiger partial charge in [0.05, 0.1) is 17.3 Å². The molecule has 0 aliphatic heterocycles. The van der Waals surface area contributed by atoms with Gasteiger partial charge in [-0.3, -0.25) is 8.98 Å². The number of hydrogen-bond donors (Lipinski definition) is 1. The molecule has 5 saturated carbocycles. The van der Waals surface area contributed by atoms with Gasteiger partial charge in [0.1, 0.15) is 0 Å². The smallest absolute Gasteiger partial charge is 0.309 e. The zero-order chi connectivity index (χ0) is 28.8. The van der Waals surface area contributed by atoms with Crippen LogP contribution >= 0.6 is 0 Å². The first-order chi connectivity index (χ1) is 18.0. The van der Waals surface area contributed by atoms with Crippen LogP contribution < -0.4 is 0 Å². The van der Waals surface area contributed by atoms with E-state index in [1.54, 1.807) is 0 Å². The van der Waals surface area contributed by atoms with Crippen molar-refractivity contribution in [2.45, 2.75) is 132 Å². The Morgan fingerprint density at radius 3 is 2.18 bits per heavy atom. The molecule has 0 spiro atoms. The van der Waals surface area contributed by atoms with Crippen LogP contribution in [-0.4, -0.2) is 31.4 Å². The SMILES string of the molecule is CCCS(=O)(=O)O[C@@H]1CC[C@]2(C)[C@H]3CC[C@@H]4[C@H]5[C@H](C(C)C)CC[C@]5(C(=O)O)CC[C@@]4(C)[C@]3(C)CC[C@H]2C1(C)C. The van der Waals surface area contributed by atoms with Gasteiger partial charge in [0, 0.05) is 0 Å². The molecule has 0 aromatic heterocycles. The minimum absolute atomic E-state index is 0.0956. The summed E-state index contributed by atoms with van der Waals surface area (Å²) in [5.74, 6) is 2.37. The zero-order valence-electron chi connectivity index (χ0n) is 26.0. The largest absolute Gasteiger partial charge is 0.481 e. The van der Waals surface area contributed by atoms with E-state index in [4.69, 9.17) is 4.18 Å². The monoisotopic (exact) mass is 564 g/mol. The van der Waals surface area contributed by atoms with Crippen LogP contribution in [0.5, 0.6) is 0 Å². The van der Waals surface area contributed by atoms with Crippen molar-refractivity contribution in [3.63, 3.8) is 0 Å². The maximum Gasteiger partial charge on any atom is 0.309 e. The van der Waals surface area contributed by atoms with E-state index >= 15 is 0 Å². The van der Waals surface area contributed by atoms with E-state index in [2.05, 4.69) is 48.5 Å². The van der Waals surface area contributed by atoms with E-state index in [0.29, 0.717) is 41.9 Å². The molecule has 0 heterocycles. The Morgan fingerprint density at radius 2 is 1.56 bits per heavy atom. The molecule has 0 amide bonds. The molecule has 6 heteroatoms. The van der Waals surface area contributed by atoms with Crippen molar-refractivity contribution in [1.82, 2.24) is 0 Å². The van der Waals surface area contributed by atoms with Crippen molar-refractivity contribution in [1.29, 1.82) is 0 Å². The lowest BCUT2D eigenvalue weighted by atomic mass is 9.32. The van der Waals surface area contributed by atoms with Crippen molar-refractivity contribution >= 4 is 16.1 Å². The average molecular weight is 565 g/mol. The Labute approximate surface area is 238 Å². The summed E-state index contributed by atoms with van der Waals surface area (Å²) >= 11 is 0. The summed E-state index contributed by atoms with van der Waals surface area (Å²) in [6.07, 6.45) is 10.5. The van der Waals surface area contributed by atoms with Gasteiger partial charge >= 0.3 is 5.97 Å². The first-order valence-corrected chi connectivity index (χ1v) is 17.7. The molecule has 0 aromatic carbocycles. The molecule has 0 saturated heterocycles. The highest BCUT2D eigenvalue weighted by Crippen LogP contribution is 2.77. The normalized spacial score (nSPS) is 49.1. The van der Waals surface area contributed by atoms with Crippen molar-refractivity contribution in [3.8, 4) is 0 Å². The van der Waals surface area contributed by atoms with Crippen LogP contribution in [0, 0.1) is 62.6 Å². The standard InChI is InChI=1S/C33H56O5S/c1-9-20-39(36,37)38-26-14-15-30(6)24(29(26,4)5)13-16-32(8)25(30)11-10-23-27-22(21(2)3)12-17-33(27,28(34)35)19-18-31(23,32)7/h21-27H,9-20H2,1-8H3,(H,34,35)/t22-,23+,24-,25+,26+,27+,30-,31+,32+,33-/m0/s1. The predicted octanol–water partition coefficient (Wildman–Crippen LogP) is 7.93. The number of carboxylic acids is 1. The van der Waals surface area contributed by atoms with Crippen LogP contribution in [0.2, 0.25) is 0 Å². The van der Waals surface area contributed by atoms with E-state index in [0.717, 1.165) is 57.8 Å². The van der Waals surface area contributed by atoms with E-state index in [9.17, 15) is 18.3 Å². The van der Waals surface area contributed by atoms with Gasteiger partial charge in [0.15, 0.2) is 0 Å². The van der Waals surface area contributed by atoms with Crippen molar-refractivity contribution in [2.24, 2.45) is 62.6 Å². The van der Waals surface area contributed by atoms with Gasteiger partial charge in [0.2, 0.25) is 0 Å². The second-order valence-corrected chi connectivity index (χ2v) is 18.0. The number of carbonyl (C=O) groups is 1. The Morgan fingerprint density at radius 1 is 0.872 bits per heavy atom. The molecule has 5 aliphatic carbocycles. The molecule has 5 aliphatic rings. The van der Waals surface area contributed by atoms with Gasteiger partial charge < -0.3 is 5.11 Å². The molecule has 1 N–H and O–H groups in total. The molecule has 10 atom stereocenters. The zero-order valence-corrected chi connectivity index (χ0v) is 26.8. The first kappa shape index (κ1) is 29.9. The maximum atomic E-state index is 12.9. The molecular weight excluding hydrogens is 508 g/mol. The maximum absolute atomic E-state index is 12.9. The molecule has 39 heavy (non-hydrogen) atoms. The lowest BCUT2D eigenvalue weighted by Crippen LogP contribution is -2.67. The molecule has 5 rings (SSSR count). The number of rotatable bonds is 6. The number of carboxylic acid groups (broad SMARTS) is 1. The van der Waals surface area contributed by atoms with Gasteiger partial charge in [-0.1, -0.05) is 55.4 Å². The Kier molecular flexibility index (Phi) is 7.23. The molecule has 0 bridgehead atoms. The summed E-state index contributed by atoms with van der Waals surface area (Å²) in [5.41, 5.74) is -0.259. The minimum atomic E-state index is -3.50. The highest BCUT2D eigenvalue weighted by atomic mass is 32.2. The molecular formula is C33H56O5S. The van der Waals surface area contributed by atoms with E-state index in [1.165, 1.54) is 6.42 Å². The van der Waals surface area contributed by atoms with Crippen molar-refractivity contribution in [2.75, 3.05) is 5.75 Å². The first-order valence-electron chi connectivity index (χ1n) is 16.1. The molecule has 224 valence electrons. The summed E-state index contributed by atoms with van der Waals surface area (Å²) in [7, 11) is -3.50. The summed E-state index contributed by atoms with van der Waals surface area (Å²) in [5, 5.41) is 10.6. The number of aliphatic carboxylic acids is 1. The lowest BCUT2D eigenvalue weighted by Gasteiger charge is -2.72. The van der Waals surface area contributed by atoms with Crippen molar-refractivity contribution < 1.29 is 22.5 Å². The van der Waals surface area contributed by atoms with Gasteiger partial charge in [-0.05, 0) is 128 Å². The van der Waals surface area contributed by atoms with E-state index in [-0.39, 0.29) is 33.5 Å². The molecule has 0 radical (unpaired) electrons. The third-order valence-corrected chi connectivity index (χ3v) is 15.9. The van der Waals surface area contributed by atoms with Crippen LogP contribution in [0.25, 0.3) is 0 Å². The minimum Gasteiger partial charge on any atom is -0.481 e. The van der Waals surface area contributed by atoms with Crippen LogP contribution in [0.4, 0.5) is 0 Å². The fourth-order valence-corrected chi connectivity index (χ4v) is 13.7. The summed E-state index contributed by atoms with van der Waals surface area (Å²) in [6, 6.07) is 0. The number of fused-ring (bicyclic) bond motifs is 7. The Balaban J connectivity index is 1.48. The second-order valence-electron chi connectivity index (χ2n) is 16.3. The quantitative estimate of drug-likeness (QED) is 0.331. The third kappa shape index (κ3) is 4.06. The molecule has 0 aromatic rings. The average Bonchev–Trinajstić information content (AvgIpc) is 3.23. The Hall–Kier alpha value is -0.620. The fraction of sp³-hybridized carbons (Fsp3) is 0.970. The molecule has 5 fully saturated rings. The molecule has 0 unspecified atom stereocenters. The van der Waals surface area contributed by atoms with Gasteiger partial charge in [-0.25, -0.2) is 0 Å². The third-order valence-electron chi connectivity index (χ3n) is 14.4. The highest BCUT2D eigenvalue weighted by Gasteiger charge is 2.72. The fourth-order valence-electron chi connectivity index (χ4n) is 12.4. The summed E-state index contributed by atoms with van der Waals surface area (Å²) in [4.78, 5) is 12.9. The Bertz CT molecular complexity index is 1080. The second kappa shape index (κ2) is 9.44. The van der Waals surface area contributed by atoms with Gasteiger partial charge in [-0.15, -0.1) is 0 Å². The van der Waals surface area contributed by atoms with Crippen LogP contribution in [-0.2, 0) is 19.1 Å².